The van der Waals surface area contributed by atoms with Gasteiger partial charge in [-0.1, -0.05) is 42.3 Å². The second-order valence-corrected chi connectivity index (χ2v) is 8.52. The minimum absolute atomic E-state index is 0.0102. The average Bonchev–Trinajstić information content (AvgIpc) is 3.00. The number of anilines is 1. The second-order valence-electron chi connectivity index (χ2n) is 5.26. The van der Waals surface area contributed by atoms with Crippen molar-refractivity contribution in [3.63, 3.8) is 0 Å². The number of aromatic nitrogens is 2. The van der Waals surface area contributed by atoms with Crippen LogP contribution in [-0.2, 0) is 21.2 Å². The normalized spacial score (nSPS) is 11.4. The van der Waals surface area contributed by atoms with E-state index in [0.29, 0.717) is 10.2 Å². The molecule has 0 aliphatic heterocycles. The summed E-state index contributed by atoms with van der Waals surface area (Å²) in [4.78, 5) is 11.9. The molecule has 2 aromatic rings. The summed E-state index contributed by atoms with van der Waals surface area (Å²) in [5.41, 5.74) is 0. The number of carbonyl (C=O) groups excluding carboxylic acids is 1. The number of unbranched alkanes of at least 4 members (excludes halogenated alkanes) is 1. The quantitative estimate of drug-likeness (QED) is 0.671. The molecule has 136 valence electrons. The van der Waals surface area contributed by atoms with E-state index in [-0.39, 0.29) is 23.8 Å². The molecule has 0 saturated carbocycles. The van der Waals surface area contributed by atoms with Crippen LogP contribution in [0.15, 0.2) is 29.2 Å². The van der Waals surface area contributed by atoms with Crippen LogP contribution < -0.4 is 10.0 Å². The maximum Gasteiger partial charge on any atom is 0.240 e. The lowest BCUT2D eigenvalue weighted by atomic mass is 10.3. The molecule has 0 aliphatic rings. The van der Waals surface area contributed by atoms with Crippen LogP contribution >= 0.6 is 22.9 Å². The van der Waals surface area contributed by atoms with Crippen molar-refractivity contribution < 1.29 is 13.2 Å². The summed E-state index contributed by atoms with van der Waals surface area (Å²) >= 11 is 7.12. The first kappa shape index (κ1) is 19.8. The molecule has 25 heavy (non-hydrogen) atoms. The highest BCUT2D eigenvalue weighted by atomic mass is 35.5. The molecule has 1 amide bonds. The van der Waals surface area contributed by atoms with E-state index in [2.05, 4.69) is 27.2 Å². The third-order valence-corrected chi connectivity index (χ3v) is 5.80. The molecule has 10 heteroatoms. The molecule has 0 saturated heterocycles. The highest BCUT2D eigenvalue weighted by Crippen LogP contribution is 2.17. The number of hydrogen-bond acceptors (Lipinski definition) is 6. The van der Waals surface area contributed by atoms with Crippen LogP contribution in [0.1, 0.15) is 31.2 Å². The van der Waals surface area contributed by atoms with Crippen LogP contribution in [0.3, 0.4) is 0 Å². The Bertz CT molecular complexity index is 824. The first-order chi connectivity index (χ1) is 11.9. The van der Waals surface area contributed by atoms with Crippen molar-refractivity contribution in [2.45, 2.75) is 37.5 Å². The largest absolute Gasteiger partial charge is 0.300 e. The standard InChI is InChI=1S/C15H19ClN4O3S2/c1-2-3-7-14-19-20-15(24-14)18-13(21)8-9-17-25(22,23)12-6-4-5-11(16)10-12/h4-6,10,17H,2-3,7-9H2,1H3,(H,18,20,21). The van der Waals surface area contributed by atoms with Crippen LogP contribution in [0.2, 0.25) is 5.02 Å². The lowest BCUT2D eigenvalue weighted by Crippen LogP contribution is -2.27. The molecule has 0 radical (unpaired) electrons. The van der Waals surface area contributed by atoms with Gasteiger partial charge in [-0.2, -0.15) is 0 Å². The Hall–Kier alpha value is -1.55. The minimum Gasteiger partial charge on any atom is -0.300 e. The summed E-state index contributed by atoms with van der Waals surface area (Å²) in [6.45, 7) is 2.07. The van der Waals surface area contributed by atoms with Gasteiger partial charge in [0.1, 0.15) is 5.01 Å². The van der Waals surface area contributed by atoms with Crippen LogP contribution in [0, 0.1) is 0 Å². The van der Waals surface area contributed by atoms with Crippen molar-refractivity contribution in [2.75, 3.05) is 11.9 Å². The maximum atomic E-state index is 12.1. The maximum absolute atomic E-state index is 12.1. The van der Waals surface area contributed by atoms with E-state index in [1.54, 1.807) is 12.1 Å². The Kier molecular flexibility index (Phi) is 7.30. The zero-order chi connectivity index (χ0) is 18.3. The van der Waals surface area contributed by atoms with E-state index in [1.807, 2.05) is 0 Å². The van der Waals surface area contributed by atoms with Gasteiger partial charge in [-0.05, 0) is 24.6 Å². The Labute approximate surface area is 155 Å². The molecule has 0 atom stereocenters. The fraction of sp³-hybridized carbons (Fsp3) is 0.400. The van der Waals surface area contributed by atoms with Crippen molar-refractivity contribution in [3.05, 3.63) is 34.3 Å². The fourth-order valence-electron chi connectivity index (χ4n) is 1.93. The lowest BCUT2D eigenvalue weighted by molar-refractivity contribution is -0.116. The zero-order valence-corrected chi connectivity index (χ0v) is 16.0. The number of halogens is 1. The first-order valence-corrected chi connectivity index (χ1v) is 10.5. The van der Waals surface area contributed by atoms with E-state index in [9.17, 15) is 13.2 Å². The molecule has 0 fully saturated rings. The van der Waals surface area contributed by atoms with Gasteiger partial charge >= 0.3 is 0 Å². The number of amides is 1. The number of carbonyl (C=O) groups is 1. The molecule has 1 aromatic carbocycles. The van der Waals surface area contributed by atoms with Gasteiger partial charge in [0, 0.05) is 24.4 Å². The monoisotopic (exact) mass is 402 g/mol. The highest BCUT2D eigenvalue weighted by Gasteiger charge is 2.15. The van der Waals surface area contributed by atoms with Gasteiger partial charge in [-0.3, -0.25) is 4.79 Å². The number of aryl methyl sites for hydroxylation is 1. The van der Waals surface area contributed by atoms with Crippen molar-refractivity contribution >= 4 is 44.0 Å². The van der Waals surface area contributed by atoms with Gasteiger partial charge in [0.25, 0.3) is 0 Å². The minimum atomic E-state index is -3.70. The molecule has 0 unspecified atom stereocenters. The third-order valence-electron chi connectivity index (χ3n) is 3.21. The van der Waals surface area contributed by atoms with E-state index in [1.165, 1.54) is 23.5 Å². The van der Waals surface area contributed by atoms with Gasteiger partial charge in [0.15, 0.2) is 0 Å². The molecule has 7 nitrogen and oxygen atoms in total. The highest BCUT2D eigenvalue weighted by molar-refractivity contribution is 7.89. The first-order valence-electron chi connectivity index (χ1n) is 7.78. The molecule has 2 rings (SSSR count). The number of nitrogens with zero attached hydrogens (tertiary/aromatic N) is 2. The molecule has 0 bridgehead atoms. The molecule has 0 aliphatic carbocycles. The smallest absolute Gasteiger partial charge is 0.240 e. The number of nitrogens with one attached hydrogen (secondary N) is 2. The summed E-state index contributed by atoms with van der Waals surface area (Å²) in [5.74, 6) is -0.327. The van der Waals surface area contributed by atoms with Crippen LogP contribution in [0.5, 0.6) is 0 Å². The summed E-state index contributed by atoms with van der Waals surface area (Å²) in [6.07, 6.45) is 2.91. The number of hydrogen-bond donors (Lipinski definition) is 2. The van der Waals surface area contributed by atoms with Crippen molar-refractivity contribution in [1.82, 2.24) is 14.9 Å². The van der Waals surface area contributed by atoms with E-state index in [4.69, 9.17) is 11.6 Å². The SMILES string of the molecule is CCCCc1nnc(NC(=O)CCNS(=O)(=O)c2cccc(Cl)c2)s1. The van der Waals surface area contributed by atoms with Crippen molar-refractivity contribution in [2.24, 2.45) is 0 Å². The Morgan fingerprint density at radius 3 is 2.84 bits per heavy atom. The number of benzene rings is 1. The zero-order valence-electron chi connectivity index (χ0n) is 13.7. The predicted octanol–water partition coefficient (Wildman–Crippen LogP) is 2.84. The summed E-state index contributed by atoms with van der Waals surface area (Å²) in [5, 5.41) is 12.2. The topological polar surface area (TPSA) is 101 Å². The van der Waals surface area contributed by atoms with Crippen LogP contribution in [0.4, 0.5) is 5.13 Å². The predicted molar refractivity (Wildman–Crippen MR) is 98.4 cm³/mol. The Morgan fingerprint density at radius 2 is 2.12 bits per heavy atom. The molecular weight excluding hydrogens is 384 g/mol. The lowest BCUT2D eigenvalue weighted by Gasteiger charge is -2.06. The van der Waals surface area contributed by atoms with Crippen LogP contribution in [-0.4, -0.2) is 31.1 Å². The van der Waals surface area contributed by atoms with E-state index >= 15 is 0 Å². The van der Waals surface area contributed by atoms with Crippen molar-refractivity contribution in [3.8, 4) is 0 Å². The fourth-order valence-corrected chi connectivity index (χ4v) is 4.06. The Morgan fingerprint density at radius 1 is 1.32 bits per heavy atom. The molecule has 2 N–H and O–H groups in total. The van der Waals surface area contributed by atoms with Gasteiger partial charge in [-0.25, -0.2) is 13.1 Å². The average molecular weight is 403 g/mol. The van der Waals surface area contributed by atoms with Gasteiger partial charge in [-0.15, -0.1) is 10.2 Å². The molecular formula is C15H19ClN4O3S2. The van der Waals surface area contributed by atoms with Crippen molar-refractivity contribution in [1.29, 1.82) is 0 Å². The number of rotatable bonds is 9. The second kappa shape index (κ2) is 9.23. The van der Waals surface area contributed by atoms with Crippen LogP contribution in [0.25, 0.3) is 0 Å². The Balaban J connectivity index is 1.81. The van der Waals surface area contributed by atoms with E-state index in [0.717, 1.165) is 24.3 Å². The molecule has 1 aromatic heterocycles. The van der Waals surface area contributed by atoms with Gasteiger partial charge < -0.3 is 5.32 Å². The van der Waals surface area contributed by atoms with Gasteiger partial charge in [0.2, 0.25) is 21.1 Å². The van der Waals surface area contributed by atoms with E-state index < -0.39 is 10.0 Å². The number of sulfonamides is 1. The third kappa shape index (κ3) is 6.35. The molecule has 0 spiro atoms. The summed E-state index contributed by atoms with van der Waals surface area (Å²) in [7, 11) is -3.70. The van der Waals surface area contributed by atoms with Gasteiger partial charge in [0.05, 0.1) is 4.90 Å². The summed E-state index contributed by atoms with van der Waals surface area (Å²) in [6, 6.07) is 5.93. The molecule has 1 heterocycles. The summed E-state index contributed by atoms with van der Waals surface area (Å²) < 4.78 is 26.6.